The van der Waals surface area contributed by atoms with Gasteiger partial charge in [-0.2, -0.15) is 0 Å². The molecule has 0 radical (unpaired) electrons. The lowest BCUT2D eigenvalue weighted by Gasteiger charge is -2.23. The smallest absolute Gasteiger partial charge is 0.123 e. The Morgan fingerprint density at radius 3 is 2.53 bits per heavy atom. The zero-order chi connectivity index (χ0) is 13.9. The first-order chi connectivity index (χ1) is 9.00. The molecule has 1 aromatic rings. The molecule has 106 valence electrons. The fourth-order valence-corrected chi connectivity index (χ4v) is 2.90. The van der Waals surface area contributed by atoms with E-state index in [1.54, 1.807) is 12.1 Å². The van der Waals surface area contributed by atoms with Gasteiger partial charge < -0.3 is 10.2 Å². The minimum Gasteiger partial charge on any atom is -0.313 e. The van der Waals surface area contributed by atoms with Crippen LogP contribution in [-0.4, -0.2) is 31.6 Å². The molecule has 2 nitrogen and oxygen atoms in total. The zero-order valence-electron chi connectivity index (χ0n) is 12.2. The van der Waals surface area contributed by atoms with Crippen molar-refractivity contribution in [3.8, 4) is 0 Å². The van der Waals surface area contributed by atoms with Crippen LogP contribution in [0.1, 0.15) is 38.3 Å². The minimum atomic E-state index is -0.167. The van der Waals surface area contributed by atoms with Gasteiger partial charge in [-0.1, -0.05) is 26.0 Å². The Morgan fingerprint density at radius 1 is 1.32 bits per heavy atom. The van der Waals surface area contributed by atoms with Crippen molar-refractivity contribution in [3.05, 3.63) is 35.6 Å². The van der Waals surface area contributed by atoms with Crippen molar-refractivity contribution in [1.29, 1.82) is 0 Å². The highest BCUT2D eigenvalue weighted by atomic mass is 19.1. The summed E-state index contributed by atoms with van der Waals surface area (Å²) in [4.78, 5) is 2.54. The average Bonchev–Trinajstić information content (AvgIpc) is 2.72. The molecule has 1 heterocycles. The van der Waals surface area contributed by atoms with Crippen molar-refractivity contribution in [2.75, 3.05) is 26.7 Å². The van der Waals surface area contributed by atoms with Gasteiger partial charge >= 0.3 is 0 Å². The summed E-state index contributed by atoms with van der Waals surface area (Å²) in [7, 11) is 1.97. The third-order valence-electron chi connectivity index (χ3n) is 4.11. The molecule has 0 amide bonds. The Bertz CT molecular complexity index is 400. The molecular weight excluding hydrogens is 239 g/mol. The van der Waals surface area contributed by atoms with E-state index in [0.29, 0.717) is 11.5 Å². The summed E-state index contributed by atoms with van der Waals surface area (Å²) >= 11 is 0. The van der Waals surface area contributed by atoms with Crippen molar-refractivity contribution >= 4 is 0 Å². The number of rotatable bonds is 5. The Labute approximate surface area is 116 Å². The number of hydrogen-bond donors (Lipinski definition) is 1. The Kier molecular flexibility index (Phi) is 4.58. The summed E-state index contributed by atoms with van der Waals surface area (Å²) in [6.07, 6.45) is 2.35. The molecule has 0 aromatic heterocycles. The summed E-state index contributed by atoms with van der Waals surface area (Å²) < 4.78 is 12.9. The molecule has 0 spiro atoms. The molecule has 1 saturated heterocycles. The highest BCUT2D eigenvalue weighted by Gasteiger charge is 2.29. The van der Waals surface area contributed by atoms with E-state index in [0.717, 1.165) is 13.0 Å². The van der Waals surface area contributed by atoms with E-state index >= 15 is 0 Å². The molecule has 0 bridgehead atoms. The van der Waals surface area contributed by atoms with E-state index in [9.17, 15) is 4.39 Å². The first-order valence-corrected chi connectivity index (χ1v) is 7.15. The van der Waals surface area contributed by atoms with Crippen LogP contribution in [0.2, 0.25) is 0 Å². The highest BCUT2D eigenvalue weighted by molar-refractivity contribution is 5.19. The molecule has 1 aliphatic heterocycles. The first-order valence-electron chi connectivity index (χ1n) is 7.15. The molecular formula is C16H25FN2. The van der Waals surface area contributed by atoms with Crippen LogP contribution in [-0.2, 0) is 0 Å². The molecule has 1 unspecified atom stereocenters. The number of halogens is 1. The van der Waals surface area contributed by atoms with Crippen LogP contribution in [0.25, 0.3) is 0 Å². The van der Waals surface area contributed by atoms with Gasteiger partial charge in [0.25, 0.3) is 0 Å². The maximum atomic E-state index is 12.9. The van der Waals surface area contributed by atoms with Gasteiger partial charge in [-0.15, -0.1) is 0 Å². The number of hydrogen-bond acceptors (Lipinski definition) is 2. The summed E-state index contributed by atoms with van der Waals surface area (Å²) in [5, 5.41) is 3.33. The predicted molar refractivity (Wildman–Crippen MR) is 77.7 cm³/mol. The van der Waals surface area contributed by atoms with Crippen molar-refractivity contribution in [1.82, 2.24) is 10.2 Å². The third kappa shape index (κ3) is 4.02. The van der Waals surface area contributed by atoms with E-state index in [1.807, 2.05) is 19.2 Å². The fourth-order valence-electron chi connectivity index (χ4n) is 2.90. The molecule has 3 heteroatoms. The highest BCUT2D eigenvalue weighted by Crippen LogP contribution is 2.29. The Balaban J connectivity index is 1.88. The number of benzene rings is 1. The van der Waals surface area contributed by atoms with Gasteiger partial charge in [0.2, 0.25) is 0 Å². The van der Waals surface area contributed by atoms with Crippen LogP contribution < -0.4 is 5.32 Å². The van der Waals surface area contributed by atoms with Crippen molar-refractivity contribution in [3.63, 3.8) is 0 Å². The summed E-state index contributed by atoms with van der Waals surface area (Å²) in [5.74, 6) is -0.167. The number of nitrogens with one attached hydrogen (secondary N) is 1. The Morgan fingerprint density at radius 2 is 2.00 bits per heavy atom. The normalized spacial score (nSPS) is 20.6. The maximum absolute atomic E-state index is 12.9. The van der Waals surface area contributed by atoms with E-state index in [-0.39, 0.29) is 5.82 Å². The van der Waals surface area contributed by atoms with Crippen molar-refractivity contribution in [2.24, 2.45) is 5.41 Å². The summed E-state index contributed by atoms with van der Waals surface area (Å²) in [5.41, 5.74) is 1.63. The van der Waals surface area contributed by atoms with Gasteiger partial charge in [0.05, 0.1) is 0 Å². The molecule has 1 atom stereocenters. The van der Waals surface area contributed by atoms with Crippen LogP contribution in [0.5, 0.6) is 0 Å². The fraction of sp³-hybridized carbons (Fsp3) is 0.625. The first kappa shape index (κ1) is 14.5. The zero-order valence-corrected chi connectivity index (χ0v) is 12.2. The van der Waals surface area contributed by atoms with Gasteiger partial charge in [0.15, 0.2) is 0 Å². The van der Waals surface area contributed by atoms with E-state index in [4.69, 9.17) is 0 Å². The monoisotopic (exact) mass is 264 g/mol. The second kappa shape index (κ2) is 6.02. The molecule has 2 rings (SSSR count). The van der Waals surface area contributed by atoms with Crippen LogP contribution in [0.4, 0.5) is 4.39 Å². The lowest BCUT2D eigenvalue weighted by atomic mass is 9.93. The number of likely N-dealkylation sites (tertiary alicyclic amines) is 1. The van der Waals surface area contributed by atoms with Gasteiger partial charge in [-0.3, -0.25) is 0 Å². The van der Waals surface area contributed by atoms with Crippen LogP contribution in [0.15, 0.2) is 24.3 Å². The predicted octanol–water partition coefficient (Wildman–Crippen LogP) is 3.21. The van der Waals surface area contributed by atoms with Crippen LogP contribution in [0.3, 0.4) is 0 Å². The van der Waals surface area contributed by atoms with Crippen molar-refractivity contribution < 1.29 is 4.39 Å². The SMILES string of the molecule is CNC(CCN1CCC(C)(C)C1)c1ccc(F)cc1. The van der Waals surface area contributed by atoms with Gasteiger partial charge in [0.1, 0.15) is 5.82 Å². The van der Waals surface area contributed by atoms with Gasteiger partial charge in [-0.05, 0) is 56.1 Å². The van der Waals surface area contributed by atoms with Crippen LogP contribution >= 0.6 is 0 Å². The van der Waals surface area contributed by atoms with E-state index in [1.165, 1.54) is 25.1 Å². The quantitative estimate of drug-likeness (QED) is 0.878. The molecule has 1 aliphatic rings. The van der Waals surface area contributed by atoms with E-state index in [2.05, 4.69) is 24.1 Å². The molecule has 0 saturated carbocycles. The van der Waals surface area contributed by atoms with Crippen molar-refractivity contribution in [2.45, 2.75) is 32.7 Å². The topological polar surface area (TPSA) is 15.3 Å². The lowest BCUT2D eigenvalue weighted by Crippen LogP contribution is -2.28. The largest absolute Gasteiger partial charge is 0.313 e. The third-order valence-corrected chi connectivity index (χ3v) is 4.11. The minimum absolute atomic E-state index is 0.167. The van der Waals surface area contributed by atoms with E-state index < -0.39 is 0 Å². The standard InChI is InChI=1S/C16H25FN2/c1-16(2)9-11-19(12-16)10-8-15(18-3)13-4-6-14(17)7-5-13/h4-7,15,18H,8-12H2,1-3H3. The maximum Gasteiger partial charge on any atom is 0.123 e. The second-order valence-corrected chi connectivity index (χ2v) is 6.37. The summed E-state index contributed by atoms with van der Waals surface area (Å²) in [6, 6.07) is 7.15. The molecule has 19 heavy (non-hydrogen) atoms. The number of nitrogens with zero attached hydrogens (tertiary/aromatic N) is 1. The van der Waals surface area contributed by atoms with Crippen LogP contribution in [0, 0.1) is 11.2 Å². The molecule has 0 aliphatic carbocycles. The van der Waals surface area contributed by atoms with Gasteiger partial charge in [-0.25, -0.2) is 4.39 Å². The second-order valence-electron chi connectivity index (χ2n) is 6.37. The molecule has 1 aromatic carbocycles. The lowest BCUT2D eigenvalue weighted by molar-refractivity contribution is 0.276. The van der Waals surface area contributed by atoms with Gasteiger partial charge in [0, 0.05) is 12.6 Å². The molecule has 1 N–H and O–H groups in total. The average molecular weight is 264 g/mol. The summed E-state index contributed by atoms with van der Waals surface area (Å²) in [6.45, 7) is 8.16. The Hall–Kier alpha value is -0.930. The molecule has 1 fully saturated rings.